The van der Waals surface area contributed by atoms with E-state index in [9.17, 15) is 13.2 Å². The summed E-state index contributed by atoms with van der Waals surface area (Å²) in [6.07, 6.45) is 1.44. The summed E-state index contributed by atoms with van der Waals surface area (Å²) in [5.74, 6) is -0.495. The summed E-state index contributed by atoms with van der Waals surface area (Å²) in [7, 11) is -2.36. The topological polar surface area (TPSA) is 85.4 Å². The Bertz CT molecular complexity index is 832. The highest BCUT2D eigenvalue weighted by Gasteiger charge is 2.15. The van der Waals surface area contributed by atoms with E-state index in [-0.39, 0.29) is 11.4 Å². The summed E-state index contributed by atoms with van der Waals surface area (Å²) in [6.45, 7) is 3.76. The lowest BCUT2D eigenvalue weighted by atomic mass is 10.1. The number of hydrogen-bond acceptors (Lipinski definition) is 5. The largest absolute Gasteiger partial charge is 0.465 e. The molecule has 1 heterocycles. The lowest BCUT2D eigenvalue weighted by Crippen LogP contribution is -2.24. The molecule has 0 saturated carbocycles. The first-order chi connectivity index (χ1) is 10.8. The van der Waals surface area contributed by atoms with Gasteiger partial charge in [-0.15, -0.1) is 0 Å². The molecule has 0 spiro atoms. The van der Waals surface area contributed by atoms with Gasteiger partial charge in [-0.1, -0.05) is 6.07 Å². The van der Waals surface area contributed by atoms with Crippen LogP contribution in [-0.2, 0) is 21.3 Å². The zero-order valence-electron chi connectivity index (χ0n) is 13.2. The number of hydrogen-bond donors (Lipinski definition) is 1. The summed E-state index contributed by atoms with van der Waals surface area (Å²) < 4.78 is 31.7. The molecule has 0 atom stereocenters. The number of aryl methyl sites for hydroxylation is 2. The van der Waals surface area contributed by atoms with Crippen molar-refractivity contribution in [3.05, 3.63) is 58.9 Å². The zero-order chi connectivity index (χ0) is 17.0. The minimum absolute atomic E-state index is 0.0138. The Hall–Kier alpha value is -2.25. The average molecular weight is 334 g/mol. The van der Waals surface area contributed by atoms with Crippen molar-refractivity contribution in [1.29, 1.82) is 0 Å². The number of rotatable bonds is 5. The van der Waals surface area contributed by atoms with Crippen LogP contribution in [-0.4, -0.2) is 26.5 Å². The van der Waals surface area contributed by atoms with Crippen molar-refractivity contribution in [3.8, 4) is 0 Å². The van der Waals surface area contributed by atoms with E-state index in [1.165, 1.54) is 25.4 Å². The first kappa shape index (κ1) is 17.1. The van der Waals surface area contributed by atoms with Crippen LogP contribution in [0.5, 0.6) is 0 Å². The Morgan fingerprint density at radius 2 is 1.91 bits per heavy atom. The molecular formula is C16H18N2O4S. The number of methoxy groups -OCH3 is 1. The molecule has 0 amide bonds. The van der Waals surface area contributed by atoms with Crippen molar-refractivity contribution >= 4 is 16.0 Å². The van der Waals surface area contributed by atoms with Gasteiger partial charge in [0.2, 0.25) is 10.0 Å². The van der Waals surface area contributed by atoms with Gasteiger partial charge in [-0.25, -0.2) is 17.9 Å². The van der Waals surface area contributed by atoms with Crippen LogP contribution < -0.4 is 4.72 Å². The highest BCUT2D eigenvalue weighted by molar-refractivity contribution is 7.89. The van der Waals surface area contributed by atoms with Crippen LogP contribution in [0.25, 0.3) is 0 Å². The van der Waals surface area contributed by atoms with Gasteiger partial charge in [-0.3, -0.25) is 4.98 Å². The Morgan fingerprint density at radius 3 is 2.57 bits per heavy atom. The fourth-order valence-electron chi connectivity index (χ4n) is 1.95. The van der Waals surface area contributed by atoms with E-state index >= 15 is 0 Å². The summed E-state index contributed by atoms with van der Waals surface area (Å²) in [5.41, 5.74) is 2.68. The molecule has 2 aromatic rings. The van der Waals surface area contributed by atoms with Gasteiger partial charge in [0.15, 0.2) is 0 Å². The van der Waals surface area contributed by atoms with Gasteiger partial charge in [0.25, 0.3) is 0 Å². The Labute approximate surface area is 135 Å². The molecular weight excluding hydrogens is 316 g/mol. The quantitative estimate of drug-likeness (QED) is 0.845. The molecule has 0 fully saturated rings. The Kier molecular flexibility index (Phi) is 5.12. The first-order valence-electron chi connectivity index (χ1n) is 6.93. The SMILES string of the molecule is COC(=O)c1ccnc(CNS(=O)(=O)c2ccc(C)c(C)c2)c1. The van der Waals surface area contributed by atoms with Crippen LogP contribution >= 0.6 is 0 Å². The van der Waals surface area contributed by atoms with E-state index in [0.29, 0.717) is 11.3 Å². The van der Waals surface area contributed by atoms with E-state index in [1.54, 1.807) is 18.2 Å². The van der Waals surface area contributed by atoms with Gasteiger partial charge >= 0.3 is 5.97 Å². The third kappa shape index (κ3) is 4.14. The molecule has 0 unspecified atom stereocenters. The fraction of sp³-hybridized carbons (Fsp3) is 0.250. The molecule has 0 aliphatic rings. The van der Waals surface area contributed by atoms with Gasteiger partial charge in [0, 0.05) is 6.20 Å². The van der Waals surface area contributed by atoms with Gasteiger partial charge in [0.1, 0.15) is 0 Å². The molecule has 0 aliphatic carbocycles. The van der Waals surface area contributed by atoms with Gasteiger partial charge < -0.3 is 4.74 Å². The number of pyridine rings is 1. The van der Waals surface area contributed by atoms with Crippen molar-refractivity contribution in [2.45, 2.75) is 25.3 Å². The standard InChI is InChI=1S/C16H18N2O4S/c1-11-4-5-15(8-12(11)2)23(20,21)18-10-14-9-13(6-7-17-14)16(19)22-3/h4-9,18H,10H2,1-3H3. The molecule has 1 aromatic carbocycles. The van der Waals surface area contributed by atoms with Crippen molar-refractivity contribution in [1.82, 2.24) is 9.71 Å². The second-order valence-electron chi connectivity index (χ2n) is 5.10. The number of carbonyl (C=O) groups excluding carboxylic acids is 1. The van der Waals surface area contributed by atoms with Crippen LogP contribution in [0.4, 0.5) is 0 Å². The second kappa shape index (κ2) is 6.89. The number of esters is 1. The van der Waals surface area contributed by atoms with E-state index in [2.05, 4.69) is 14.4 Å². The molecule has 122 valence electrons. The predicted octanol–water partition coefficient (Wildman–Crippen LogP) is 1.96. The third-order valence-electron chi connectivity index (χ3n) is 3.47. The summed E-state index contributed by atoms with van der Waals surface area (Å²) >= 11 is 0. The van der Waals surface area contributed by atoms with Crippen molar-refractivity contribution < 1.29 is 17.9 Å². The van der Waals surface area contributed by atoms with E-state index in [4.69, 9.17) is 0 Å². The molecule has 6 nitrogen and oxygen atoms in total. The molecule has 23 heavy (non-hydrogen) atoms. The molecule has 2 rings (SSSR count). The first-order valence-corrected chi connectivity index (χ1v) is 8.42. The fourth-order valence-corrected chi connectivity index (χ4v) is 3.04. The number of carbonyl (C=O) groups is 1. The predicted molar refractivity (Wildman–Crippen MR) is 85.5 cm³/mol. The zero-order valence-corrected chi connectivity index (χ0v) is 14.0. The number of ether oxygens (including phenoxy) is 1. The number of nitrogens with one attached hydrogen (secondary N) is 1. The monoisotopic (exact) mass is 334 g/mol. The highest BCUT2D eigenvalue weighted by atomic mass is 32.2. The number of nitrogens with zero attached hydrogens (tertiary/aromatic N) is 1. The summed E-state index contributed by atoms with van der Waals surface area (Å²) in [5, 5.41) is 0. The Morgan fingerprint density at radius 1 is 1.17 bits per heavy atom. The summed E-state index contributed by atoms with van der Waals surface area (Å²) in [4.78, 5) is 15.7. The lowest BCUT2D eigenvalue weighted by Gasteiger charge is -2.09. The van der Waals surface area contributed by atoms with Crippen LogP contribution in [0, 0.1) is 13.8 Å². The molecule has 0 radical (unpaired) electrons. The smallest absolute Gasteiger partial charge is 0.337 e. The van der Waals surface area contributed by atoms with Crippen LogP contribution in [0.15, 0.2) is 41.4 Å². The average Bonchev–Trinajstić information content (AvgIpc) is 2.55. The second-order valence-corrected chi connectivity index (χ2v) is 6.87. The van der Waals surface area contributed by atoms with E-state index in [0.717, 1.165) is 11.1 Å². The molecule has 0 bridgehead atoms. The number of benzene rings is 1. The highest BCUT2D eigenvalue weighted by Crippen LogP contribution is 2.15. The molecule has 7 heteroatoms. The van der Waals surface area contributed by atoms with Crippen molar-refractivity contribution in [2.75, 3.05) is 7.11 Å². The lowest BCUT2D eigenvalue weighted by molar-refractivity contribution is 0.0600. The van der Waals surface area contributed by atoms with Gasteiger partial charge in [0.05, 0.1) is 29.8 Å². The maximum atomic E-state index is 12.3. The van der Waals surface area contributed by atoms with Crippen molar-refractivity contribution in [2.24, 2.45) is 0 Å². The maximum Gasteiger partial charge on any atom is 0.337 e. The van der Waals surface area contributed by atoms with Gasteiger partial charge in [-0.2, -0.15) is 0 Å². The maximum absolute atomic E-state index is 12.3. The third-order valence-corrected chi connectivity index (χ3v) is 4.87. The van der Waals surface area contributed by atoms with E-state index in [1.807, 2.05) is 13.8 Å². The Balaban J connectivity index is 2.16. The number of aromatic nitrogens is 1. The summed E-state index contributed by atoms with van der Waals surface area (Å²) in [6, 6.07) is 7.95. The van der Waals surface area contributed by atoms with Crippen LogP contribution in [0.3, 0.4) is 0 Å². The van der Waals surface area contributed by atoms with Crippen molar-refractivity contribution in [3.63, 3.8) is 0 Å². The minimum atomic E-state index is -3.64. The normalized spacial score (nSPS) is 11.3. The van der Waals surface area contributed by atoms with Crippen LogP contribution in [0.1, 0.15) is 27.2 Å². The van der Waals surface area contributed by atoms with Crippen LogP contribution in [0.2, 0.25) is 0 Å². The minimum Gasteiger partial charge on any atom is -0.465 e. The molecule has 1 aromatic heterocycles. The molecule has 0 aliphatic heterocycles. The molecule has 0 saturated heterocycles. The van der Waals surface area contributed by atoms with E-state index < -0.39 is 16.0 Å². The molecule has 1 N–H and O–H groups in total. The number of sulfonamides is 1. The van der Waals surface area contributed by atoms with Gasteiger partial charge in [-0.05, 0) is 49.2 Å².